The molecular formula is C10H12N2O2S. The Balaban J connectivity index is 2.06. The molecule has 0 aromatic carbocycles. The molecule has 1 aliphatic rings. The quantitative estimate of drug-likeness (QED) is 0.688. The van der Waals surface area contributed by atoms with Crippen molar-refractivity contribution in [2.45, 2.75) is 0 Å². The average Bonchev–Trinajstić information content (AvgIpc) is 2.30. The van der Waals surface area contributed by atoms with Gasteiger partial charge < -0.3 is 4.90 Å². The summed E-state index contributed by atoms with van der Waals surface area (Å²) < 4.78 is 11.1. The van der Waals surface area contributed by atoms with E-state index in [1.165, 1.54) is 0 Å². The largest absolute Gasteiger partial charge is 0.337 e. The molecule has 0 spiro atoms. The van der Waals surface area contributed by atoms with Gasteiger partial charge in [-0.1, -0.05) is 0 Å². The molecule has 1 amide bonds. The van der Waals surface area contributed by atoms with Crippen molar-refractivity contribution in [3.8, 4) is 0 Å². The number of aromatic nitrogens is 1. The van der Waals surface area contributed by atoms with Crippen LogP contribution in [0.25, 0.3) is 0 Å². The molecule has 0 bridgehead atoms. The Bertz CT molecular complexity index is 370. The van der Waals surface area contributed by atoms with E-state index in [0.29, 0.717) is 30.2 Å². The molecule has 15 heavy (non-hydrogen) atoms. The van der Waals surface area contributed by atoms with Crippen LogP contribution in [0.5, 0.6) is 0 Å². The first kappa shape index (κ1) is 10.3. The second-order valence-electron chi connectivity index (χ2n) is 3.38. The lowest BCUT2D eigenvalue weighted by molar-refractivity contribution is 0.0771. The van der Waals surface area contributed by atoms with E-state index in [4.69, 9.17) is 0 Å². The van der Waals surface area contributed by atoms with Gasteiger partial charge in [-0.05, 0) is 12.1 Å². The van der Waals surface area contributed by atoms with Gasteiger partial charge in [0.25, 0.3) is 5.91 Å². The first-order valence-corrected chi connectivity index (χ1v) is 6.30. The lowest BCUT2D eigenvalue weighted by Gasteiger charge is -2.26. The number of carbonyl (C=O) groups excluding carboxylic acids is 1. The van der Waals surface area contributed by atoms with Crippen molar-refractivity contribution in [3.05, 3.63) is 30.1 Å². The summed E-state index contributed by atoms with van der Waals surface area (Å²) in [6.07, 6.45) is 3.20. The second-order valence-corrected chi connectivity index (χ2v) is 5.08. The summed E-state index contributed by atoms with van der Waals surface area (Å²) in [5.74, 6) is 1.16. The highest BCUT2D eigenvalue weighted by molar-refractivity contribution is 7.85. The molecule has 0 radical (unpaired) electrons. The lowest BCUT2D eigenvalue weighted by atomic mass is 10.2. The first-order valence-electron chi connectivity index (χ1n) is 4.81. The predicted octanol–water partition coefficient (Wildman–Crippen LogP) is 0.286. The number of hydrogen-bond donors (Lipinski definition) is 0. The van der Waals surface area contributed by atoms with Crippen LogP contribution in [0, 0.1) is 0 Å². The van der Waals surface area contributed by atoms with Crippen molar-refractivity contribution in [1.82, 2.24) is 9.88 Å². The Morgan fingerprint density at radius 2 is 2.13 bits per heavy atom. The van der Waals surface area contributed by atoms with Gasteiger partial charge in [-0.2, -0.15) is 0 Å². The minimum Gasteiger partial charge on any atom is -0.337 e. The summed E-state index contributed by atoms with van der Waals surface area (Å²) in [5.41, 5.74) is 0.602. The van der Waals surface area contributed by atoms with Gasteiger partial charge in [-0.3, -0.25) is 14.0 Å². The molecule has 0 aliphatic carbocycles. The highest BCUT2D eigenvalue weighted by atomic mass is 32.2. The maximum absolute atomic E-state index is 11.9. The normalized spacial score (nSPS) is 17.7. The molecule has 1 aromatic heterocycles. The molecule has 0 saturated carbocycles. The van der Waals surface area contributed by atoms with Crippen LogP contribution in [-0.4, -0.2) is 44.6 Å². The van der Waals surface area contributed by atoms with Crippen LogP contribution < -0.4 is 0 Å². The maximum Gasteiger partial charge on any atom is 0.255 e. The van der Waals surface area contributed by atoms with E-state index >= 15 is 0 Å². The summed E-state index contributed by atoms with van der Waals surface area (Å²) in [5, 5.41) is 0. The van der Waals surface area contributed by atoms with Gasteiger partial charge in [0, 0.05) is 47.8 Å². The molecule has 2 heterocycles. The minimum absolute atomic E-state index is 0.0141. The van der Waals surface area contributed by atoms with Crippen molar-refractivity contribution in [3.63, 3.8) is 0 Å². The average molecular weight is 224 g/mol. The number of rotatable bonds is 1. The third kappa shape index (κ3) is 2.41. The summed E-state index contributed by atoms with van der Waals surface area (Å²) in [6.45, 7) is 1.17. The van der Waals surface area contributed by atoms with Gasteiger partial charge in [0.15, 0.2) is 0 Å². The van der Waals surface area contributed by atoms with E-state index in [2.05, 4.69) is 4.98 Å². The summed E-state index contributed by atoms with van der Waals surface area (Å²) >= 11 is 0. The van der Waals surface area contributed by atoms with Crippen molar-refractivity contribution in [1.29, 1.82) is 0 Å². The zero-order valence-corrected chi connectivity index (χ0v) is 9.07. The molecule has 1 saturated heterocycles. The topological polar surface area (TPSA) is 50.3 Å². The van der Waals surface area contributed by atoms with Gasteiger partial charge in [0.1, 0.15) is 0 Å². The number of hydrogen-bond acceptors (Lipinski definition) is 3. The molecule has 1 aromatic rings. The van der Waals surface area contributed by atoms with Gasteiger partial charge >= 0.3 is 0 Å². The van der Waals surface area contributed by atoms with Crippen LogP contribution in [0.3, 0.4) is 0 Å². The zero-order valence-electron chi connectivity index (χ0n) is 8.26. The second kappa shape index (κ2) is 4.53. The molecule has 2 rings (SSSR count). The Labute approximate surface area is 90.8 Å². The van der Waals surface area contributed by atoms with E-state index < -0.39 is 10.8 Å². The van der Waals surface area contributed by atoms with E-state index in [9.17, 15) is 9.00 Å². The number of carbonyl (C=O) groups is 1. The van der Waals surface area contributed by atoms with Gasteiger partial charge in [-0.15, -0.1) is 0 Å². The molecular weight excluding hydrogens is 212 g/mol. The number of nitrogens with zero attached hydrogens (tertiary/aromatic N) is 2. The first-order chi connectivity index (χ1) is 7.27. The third-order valence-corrected chi connectivity index (χ3v) is 3.65. The summed E-state index contributed by atoms with van der Waals surface area (Å²) in [6, 6.07) is 3.50. The van der Waals surface area contributed by atoms with Gasteiger partial charge in [0.05, 0.1) is 5.56 Å². The molecule has 0 N–H and O–H groups in total. The highest BCUT2D eigenvalue weighted by Gasteiger charge is 2.20. The van der Waals surface area contributed by atoms with Crippen LogP contribution >= 0.6 is 0 Å². The maximum atomic E-state index is 11.9. The Morgan fingerprint density at radius 3 is 2.73 bits per heavy atom. The van der Waals surface area contributed by atoms with Crippen molar-refractivity contribution < 1.29 is 9.00 Å². The Morgan fingerprint density at radius 1 is 1.40 bits per heavy atom. The van der Waals surface area contributed by atoms with E-state index in [1.807, 2.05) is 0 Å². The van der Waals surface area contributed by atoms with Crippen LogP contribution in [0.4, 0.5) is 0 Å². The zero-order chi connectivity index (χ0) is 10.7. The van der Waals surface area contributed by atoms with Crippen molar-refractivity contribution in [2.24, 2.45) is 0 Å². The van der Waals surface area contributed by atoms with Crippen LogP contribution in [0.1, 0.15) is 10.4 Å². The van der Waals surface area contributed by atoms with E-state index in [0.717, 1.165) is 0 Å². The standard InChI is InChI=1S/C10H12N2O2S/c13-10(9-2-1-3-11-8-9)12-4-6-15(14)7-5-12/h1-3,8H,4-7H2. The molecule has 80 valence electrons. The van der Waals surface area contributed by atoms with Crippen LogP contribution in [0.2, 0.25) is 0 Å². The molecule has 5 heteroatoms. The number of amides is 1. The van der Waals surface area contributed by atoms with E-state index in [1.54, 1.807) is 29.4 Å². The molecule has 0 atom stereocenters. The molecule has 0 unspecified atom stereocenters. The van der Waals surface area contributed by atoms with E-state index in [-0.39, 0.29) is 5.91 Å². The van der Waals surface area contributed by atoms with Crippen molar-refractivity contribution >= 4 is 16.7 Å². The SMILES string of the molecule is O=C(c1cccnc1)N1CCS(=O)CC1. The summed E-state index contributed by atoms with van der Waals surface area (Å²) in [7, 11) is -0.743. The monoisotopic (exact) mass is 224 g/mol. The molecule has 1 fully saturated rings. The summed E-state index contributed by atoms with van der Waals surface area (Å²) in [4.78, 5) is 17.5. The van der Waals surface area contributed by atoms with Crippen LogP contribution in [-0.2, 0) is 10.8 Å². The van der Waals surface area contributed by atoms with Crippen molar-refractivity contribution in [2.75, 3.05) is 24.6 Å². The predicted molar refractivity (Wildman–Crippen MR) is 58.0 cm³/mol. The fourth-order valence-corrected chi connectivity index (χ4v) is 2.56. The minimum atomic E-state index is -0.743. The smallest absolute Gasteiger partial charge is 0.255 e. The fourth-order valence-electron chi connectivity index (χ4n) is 1.51. The third-order valence-electron chi connectivity index (χ3n) is 2.37. The molecule has 1 aliphatic heterocycles. The number of pyridine rings is 1. The van der Waals surface area contributed by atoms with Gasteiger partial charge in [0.2, 0.25) is 0 Å². The fraction of sp³-hybridized carbons (Fsp3) is 0.400. The van der Waals surface area contributed by atoms with Gasteiger partial charge in [-0.25, -0.2) is 0 Å². The Kier molecular flexibility index (Phi) is 3.11. The highest BCUT2D eigenvalue weighted by Crippen LogP contribution is 2.06. The Hall–Kier alpha value is -1.23. The van der Waals surface area contributed by atoms with Crippen LogP contribution in [0.15, 0.2) is 24.5 Å². The molecule has 4 nitrogen and oxygen atoms in total. The lowest BCUT2D eigenvalue weighted by Crippen LogP contribution is -2.41.